The van der Waals surface area contributed by atoms with Crippen LogP contribution in [0.2, 0.25) is 0 Å². The van der Waals surface area contributed by atoms with Crippen molar-refractivity contribution in [2.24, 2.45) is 0 Å². The number of hydrogen-bond donors (Lipinski definition) is 4. The van der Waals surface area contributed by atoms with Gasteiger partial charge in [-0.25, -0.2) is 0 Å². The smallest absolute Gasteiger partial charge is 0.314 e. The molecule has 0 aliphatic heterocycles. The van der Waals surface area contributed by atoms with Gasteiger partial charge in [-0.2, -0.15) is 0 Å². The third-order valence-electron chi connectivity index (χ3n) is 0. The predicted octanol–water partition coefficient (Wildman–Crippen LogP) is -0.564. The summed E-state index contributed by atoms with van der Waals surface area (Å²) >= 11 is 0. The monoisotopic (exact) mass is 375 g/mol. The Hall–Kier alpha value is 0.948. The summed E-state index contributed by atoms with van der Waals surface area (Å²) in [6, 6.07) is 0. The summed E-state index contributed by atoms with van der Waals surface area (Å²) in [4.78, 5) is 28.6. The van der Waals surface area contributed by atoms with Crippen molar-refractivity contribution in [3.05, 3.63) is 6.15 Å². The molecular formula is H8NO6P2Pt-. The van der Waals surface area contributed by atoms with Gasteiger partial charge in [0.15, 0.2) is 0 Å². The molecule has 0 atom stereocenters. The van der Waals surface area contributed by atoms with E-state index in [1.807, 2.05) is 0 Å². The molecule has 0 radical (unpaired) electrons. The summed E-state index contributed by atoms with van der Waals surface area (Å²) in [5, 5.41) is 0. The van der Waals surface area contributed by atoms with E-state index in [2.05, 4.69) is 0 Å². The van der Waals surface area contributed by atoms with Gasteiger partial charge in [0.1, 0.15) is 0 Å². The van der Waals surface area contributed by atoms with Gasteiger partial charge in [-0.3, -0.25) is 9.13 Å². The number of hydrogen-bond acceptors (Lipinski definition) is 2. The second kappa shape index (κ2) is 16.5. The summed E-state index contributed by atoms with van der Waals surface area (Å²) in [5.74, 6) is 0. The number of rotatable bonds is 0. The zero-order chi connectivity index (χ0) is 7.15. The van der Waals surface area contributed by atoms with Crippen LogP contribution >= 0.6 is 16.5 Å². The molecule has 0 bridgehead atoms. The van der Waals surface area contributed by atoms with Crippen molar-refractivity contribution in [3.8, 4) is 0 Å². The van der Waals surface area contributed by atoms with Crippen LogP contribution in [0.15, 0.2) is 0 Å². The molecule has 0 aliphatic rings. The predicted molar refractivity (Wildman–Crippen MR) is 32.2 cm³/mol. The molecule has 0 amide bonds. The summed E-state index contributed by atoms with van der Waals surface area (Å²) < 4.78 is 17.5. The van der Waals surface area contributed by atoms with Crippen molar-refractivity contribution in [3.63, 3.8) is 0 Å². The maximum atomic E-state index is 8.74. The van der Waals surface area contributed by atoms with Gasteiger partial charge in [0, 0.05) is 21.1 Å². The van der Waals surface area contributed by atoms with E-state index in [0.29, 0.717) is 0 Å². The molecule has 0 aliphatic carbocycles. The summed E-state index contributed by atoms with van der Waals surface area (Å²) in [6.45, 7) is 0. The SMILES string of the molecule is O=[PH](O)O.O=[PH](O)O.[NH2-].[Pt]. The maximum absolute atomic E-state index is 8.74. The zero-order valence-electron chi connectivity index (χ0n) is 4.50. The molecule has 0 saturated heterocycles. The van der Waals surface area contributed by atoms with Crippen molar-refractivity contribution >= 4 is 16.5 Å². The van der Waals surface area contributed by atoms with Crippen molar-refractivity contribution < 1.29 is 49.8 Å². The van der Waals surface area contributed by atoms with E-state index in [4.69, 9.17) is 28.7 Å². The van der Waals surface area contributed by atoms with Gasteiger partial charge < -0.3 is 25.7 Å². The Morgan fingerprint density at radius 2 is 0.800 bits per heavy atom. The molecule has 0 unspecified atom stereocenters. The average molecular weight is 375 g/mol. The normalized spacial score (nSPS) is 7.00. The van der Waals surface area contributed by atoms with E-state index >= 15 is 0 Å². The molecule has 0 saturated carbocycles. The van der Waals surface area contributed by atoms with Gasteiger partial charge in [-0.1, -0.05) is 0 Å². The third-order valence-corrected chi connectivity index (χ3v) is 0. The van der Waals surface area contributed by atoms with E-state index in [1.165, 1.54) is 0 Å². The minimum Gasteiger partial charge on any atom is -0.693 e. The Kier molecular flexibility index (Phi) is 37.0. The number of nitrogens with two attached hydrogens (primary N) is 1. The van der Waals surface area contributed by atoms with E-state index in [-0.39, 0.29) is 27.2 Å². The minimum absolute atomic E-state index is 0. The topological polar surface area (TPSA) is 149 Å². The maximum Gasteiger partial charge on any atom is 0.314 e. The molecule has 10 heavy (non-hydrogen) atoms. The average Bonchev–Trinajstić information content (AvgIpc) is 1.25. The summed E-state index contributed by atoms with van der Waals surface area (Å²) in [7, 11) is -6.26. The van der Waals surface area contributed by atoms with Crippen LogP contribution in [-0.2, 0) is 30.2 Å². The fraction of sp³-hybridized carbons (Fsp3) is 0. The second-order valence-electron chi connectivity index (χ2n) is 0.565. The van der Waals surface area contributed by atoms with Gasteiger partial charge in [-0.05, 0) is 0 Å². The molecule has 6 N–H and O–H groups in total. The molecule has 0 aromatic heterocycles. The molecule has 0 spiro atoms. The first-order valence-corrected chi connectivity index (χ1v) is 3.91. The van der Waals surface area contributed by atoms with Crippen LogP contribution in [0.25, 0.3) is 6.15 Å². The fourth-order valence-electron chi connectivity index (χ4n) is 0. The molecule has 7 nitrogen and oxygen atoms in total. The zero-order valence-corrected chi connectivity index (χ0v) is 8.77. The van der Waals surface area contributed by atoms with Crippen LogP contribution in [0.5, 0.6) is 0 Å². The standard InChI is InChI=1S/H2N.2H3O3P.Pt/c;2*1-4(2)3;/h1H2;2*4H,(H2,1,2,3);/q-1;;;. The first-order chi connectivity index (χ1) is 3.46. The van der Waals surface area contributed by atoms with Gasteiger partial charge in [0.25, 0.3) is 0 Å². The molecule has 0 fully saturated rings. The first-order valence-electron chi connectivity index (χ1n) is 1.30. The van der Waals surface area contributed by atoms with Crippen molar-refractivity contribution in [2.45, 2.75) is 0 Å². The van der Waals surface area contributed by atoms with Crippen molar-refractivity contribution in [1.29, 1.82) is 0 Å². The molecule has 0 rings (SSSR count). The first kappa shape index (κ1) is 22.4. The Labute approximate surface area is 72.8 Å². The fourth-order valence-corrected chi connectivity index (χ4v) is 0. The molecule has 10 heteroatoms. The Morgan fingerprint density at radius 1 is 0.800 bits per heavy atom. The molecular weight excluding hydrogens is 367 g/mol. The van der Waals surface area contributed by atoms with Gasteiger partial charge in [-0.15, -0.1) is 0 Å². The third kappa shape index (κ3) is 629. The minimum atomic E-state index is -3.13. The van der Waals surface area contributed by atoms with Crippen LogP contribution < -0.4 is 0 Å². The van der Waals surface area contributed by atoms with E-state index in [0.717, 1.165) is 0 Å². The molecule has 70 valence electrons. The molecule has 0 aromatic carbocycles. The summed E-state index contributed by atoms with van der Waals surface area (Å²) in [6.07, 6.45) is 0. The Bertz CT molecular complexity index is 73.7. The quantitative estimate of drug-likeness (QED) is 0.417. The van der Waals surface area contributed by atoms with Crippen LogP contribution in [0.3, 0.4) is 0 Å². The van der Waals surface area contributed by atoms with Crippen LogP contribution in [0, 0.1) is 0 Å². The molecule has 0 aromatic rings. The Balaban J connectivity index is -0.0000000300. The van der Waals surface area contributed by atoms with Gasteiger partial charge in [0.05, 0.1) is 0 Å². The van der Waals surface area contributed by atoms with Crippen molar-refractivity contribution in [1.82, 2.24) is 0 Å². The van der Waals surface area contributed by atoms with E-state index in [9.17, 15) is 0 Å². The van der Waals surface area contributed by atoms with Crippen LogP contribution in [0.4, 0.5) is 0 Å². The van der Waals surface area contributed by atoms with Crippen molar-refractivity contribution in [2.75, 3.05) is 0 Å². The largest absolute Gasteiger partial charge is 0.693 e. The van der Waals surface area contributed by atoms with Crippen LogP contribution in [-0.4, -0.2) is 19.6 Å². The van der Waals surface area contributed by atoms with E-state index < -0.39 is 16.5 Å². The second-order valence-corrected chi connectivity index (χ2v) is 1.70. The van der Waals surface area contributed by atoms with E-state index in [1.54, 1.807) is 0 Å². The van der Waals surface area contributed by atoms with Gasteiger partial charge in [0.2, 0.25) is 0 Å². The Morgan fingerprint density at radius 3 is 0.800 bits per heavy atom. The summed E-state index contributed by atoms with van der Waals surface area (Å²) in [5.41, 5.74) is 0. The molecule has 0 heterocycles. The van der Waals surface area contributed by atoms with Crippen LogP contribution in [0.1, 0.15) is 0 Å². The van der Waals surface area contributed by atoms with Gasteiger partial charge >= 0.3 is 16.5 Å².